The van der Waals surface area contributed by atoms with Crippen LogP contribution in [0.2, 0.25) is 10.0 Å². The highest BCUT2D eigenvalue weighted by Gasteiger charge is 2.36. The zero-order chi connectivity index (χ0) is 17.3. The molecule has 0 aliphatic carbocycles. The SMILES string of the molecule is O=C(CN1C(=O)c2ccc(Cl)cc2C1=O)NCc1ccc(Cl)cc1. The lowest BCUT2D eigenvalue weighted by Crippen LogP contribution is -2.40. The Morgan fingerprint density at radius 3 is 2.25 bits per heavy atom. The van der Waals surface area contributed by atoms with Crippen LogP contribution in [0, 0.1) is 0 Å². The lowest BCUT2D eigenvalue weighted by atomic mass is 10.1. The highest BCUT2D eigenvalue weighted by Crippen LogP contribution is 2.25. The number of hydrogen-bond donors (Lipinski definition) is 1. The third-order valence-corrected chi connectivity index (χ3v) is 4.12. The number of carbonyl (C=O) groups is 3. The number of fused-ring (bicyclic) bond motifs is 1. The van der Waals surface area contributed by atoms with Crippen LogP contribution in [0.5, 0.6) is 0 Å². The summed E-state index contributed by atoms with van der Waals surface area (Å²) in [5, 5.41) is 3.64. The molecule has 0 spiro atoms. The second kappa shape index (κ2) is 6.63. The van der Waals surface area contributed by atoms with Gasteiger partial charge in [-0.2, -0.15) is 0 Å². The molecule has 0 saturated carbocycles. The van der Waals surface area contributed by atoms with Gasteiger partial charge in [-0.05, 0) is 35.9 Å². The van der Waals surface area contributed by atoms with E-state index in [2.05, 4.69) is 5.32 Å². The van der Waals surface area contributed by atoms with Crippen LogP contribution in [0.25, 0.3) is 0 Å². The van der Waals surface area contributed by atoms with E-state index in [0.29, 0.717) is 10.0 Å². The Balaban J connectivity index is 1.64. The zero-order valence-electron chi connectivity index (χ0n) is 12.4. The van der Waals surface area contributed by atoms with Crippen LogP contribution in [-0.4, -0.2) is 29.2 Å². The molecular weight excluding hydrogens is 351 g/mol. The third-order valence-electron chi connectivity index (χ3n) is 3.64. The van der Waals surface area contributed by atoms with Gasteiger partial charge in [-0.15, -0.1) is 0 Å². The van der Waals surface area contributed by atoms with Crippen molar-refractivity contribution < 1.29 is 14.4 Å². The lowest BCUT2D eigenvalue weighted by molar-refractivity contribution is -0.121. The summed E-state index contributed by atoms with van der Waals surface area (Å²) in [6.07, 6.45) is 0. The molecular formula is C17H12Cl2N2O3. The van der Waals surface area contributed by atoms with Crippen molar-refractivity contribution in [3.63, 3.8) is 0 Å². The summed E-state index contributed by atoms with van der Waals surface area (Å²) in [5.41, 5.74) is 1.34. The fraction of sp³-hybridized carbons (Fsp3) is 0.118. The van der Waals surface area contributed by atoms with E-state index in [0.717, 1.165) is 10.5 Å². The average molecular weight is 363 g/mol. The first-order valence-electron chi connectivity index (χ1n) is 7.12. The number of imide groups is 1. The fourth-order valence-electron chi connectivity index (χ4n) is 2.41. The van der Waals surface area contributed by atoms with Gasteiger partial charge in [0, 0.05) is 16.6 Å². The first-order chi connectivity index (χ1) is 11.5. The van der Waals surface area contributed by atoms with Gasteiger partial charge in [0.15, 0.2) is 0 Å². The summed E-state index contributed by atoms with van der Waals surface area (Å²) < 4.78 is 0. The first kappa shape index (κ1) is 16.5. The minimum atomic E-state index is -0.515. The van der Waals surface area contributed by atoms with E-state index in [4.69, 9.17) is 23.2 Å². The molecule has 2 aromatic rings. The predicted molar refractivity (Wildman–Crippen MR) is 90.1 cm³/mol. The Labute approximate surface area is 148 Å². The molecule has 1 aliphatic heterocycles. The Hall–Kier alpha value is -2.37. The van der Waals surface area contributed by atoms with E-state index < -0.39 is 17.7 Å². The third kappa shape index (κ3) is 3.27. The monoisotopic (exact) mass is 362 g/mol. The largest absolute Gasteiger partial charge is 0.350 e. The number of hydrogen-bond acceptors (Lipinski definition) is 3. The van der Waals surface area contributed by atoms with E-state index in [1.165, 1.54) is 18.2 Å². The molecule has 0 atom stereocenters. The van der Waals surface area contributed by atoms with Crippen molar-refractivity contribution in [1.82, 2.24) is 10.2 Å². The fourth-order valence-corrected chi connectivity index (χ4v) is 2.71. The summed E-state index contributed by atoms with van der Waals surface area (Å²) in [4.78, 5) is 37.4. The van der Waals surface area contributed by atoms with Crippen molar-refractivity contribution in [1.29, 1.82) is 0 Å². The number of amides is 3. The molecule has 2 aromatic carbocycles. The first-order valence-corrected chi connectivity index (χ1v) is 7.88. The molecule has 1 heterocycles. The van der Waals surface area contributed by atoms with Gasteiger partial charge < -0.3 is 5.32 Å². The quantitative estimate of drug-likeness (QED) is 0.850. The van der Waals surface area contributed by atoms with E-state index in [9.17, 15) is 14.4 Å². The molecule has 1 N–H and O–H groups in total. The maximum absolute atomic E-state index is 12.3. The summed E-state index contributed by atoms with van der Waals surface area (Å²) in [5.74, 6) is -1.43. The second-order valence-electron chi connectivity index (χ2n) is 5.29. The molecule has 7 heteroatoms. The molecule has 5 nitrogen and oxygen atoms in total. The molecule has 0 radical (unpaired) electrons. The van der Waals surface area contributed by atoms with Gasteiger partial charge in [-0.1, -0.05) is 35.3 Å². The van der Waals surface area contributed by atoms with Crippen LogP contribution in [0.4, 0.5) is 0 Å². The Bertz CT molecular complexity index is 834. The molecule has 0 unspecified atom stereocenters. The van der Waals surface area contributed by atoms with E-state index in [-0.39, 0.29) is 24.2 Å². The number of benzene rings is 2. The molecule has 0 fully saturated rings. The summed E-state index contributed by atoms with van der Waals surface area (Å²) in [6, 6.07) is 11.5. The van der Waals surface area contributed by atoms with Crippen molar-refractivity contribution in [2.45, 2.75) is 6.54 Å². The summed E-state index contributed by atoms with van der Waals surface area (Å²) >= 11 is 11.6. The number of carbonyl (C=O) groups excluding carboxylic acids is 3. The maximum atomic E-state index is 12.3. The minimum absolute atomic E-state index is 0.220. The minimum Gasteiger partial charge on any atom is -0.350 e. The van der Waals surface area contributed by atoms with Crippen LogP contribution in [-0.2, 0) is 11.3 Å². The zero-order valence-corrected chi connectivity index (χ0v) is 13.9. The molecule has 3 amide bonds. The highest BCUT2D eigenvalue weighted by molar-refractivity contribution is 6.32. The van der Waals surface area contributed by atoms with Crippen LogP contribution in [0.3, 0.4) is 0 Å². The Morgan fingerprint density at radius 1 is 0.917 bits per heavy atom. The smallest absolute Gasteiger partial charge is 0.262 e. The van der Waals surface area contributed by atoms with Crippen molar-refractivity contribution in [2.75, 3.05) is 6.54 Å². The molecule has 24 heavy (non-hydrogen) atoms. The Kier molecular flexibility index (Phi) is 4.55. The van der Waals surface area contributed by atoms with Crippen molar-refractivity contribution >= 4 is 40.9 Å². The van der Waals surface area contributed by atoms with Gasteiger partial charge in [0.25, 0.3) is 11.8 Å². The van der Waals surface area contributed by atoms with Gasteiger partial charge in [0.05, 0.1) is 11.1 Å². The van der Waals surface area contributed by atoms with Gasteiger partial charge in [0.2, 0.25) is 5.91 Å². The van der Waals surface area contributed by atoms with E-state index >= 15 is 0 Å². The highest BCUT2D eigenvalue weighted by atomic mass is 35.5. The lowest BCUT2D eigenvalue weighted by Gasteiger charge is -2.13. The van der Waals surface area contributed by atoms with Gasteiger partial charge in [-0.3, -0.25) is 19.3 Å². The van der Waals surface area contributed by atoms with Crippen LogP contribution >= 0.6 is 23.2 Å². The maximum Gasteiger partial charge on any atom is 0.262 e. The molecule has 0 bridgehead atoms. The molecule has 0 saturated heterocycles. The summed E-state index contributed by atoms with van der Waals surface area (Å²) in [7, 11) is 0. The average Bonchev–Trinajstić information content (AvgIpc) is 2.79. The van der Waals surface area contributed by atoms with Crippen molar-refractivity contribution in [3.8, 4) is 0 Å². The van der Waals surface area contributed by atoms with Crippen molar-refractivity contribution in [2.24, 2.45) is 0 Å². The normalized spacial score (nSPS) is 13.2. The molecule has 0 aromatic heterocycles. The standard InChI is InChI=1S/C17H12Cl2N2O3/c18-11-3-1-10(2-4-11)8-20-15(22)9-21-16(23)13-6-5-12(19)7-14(13)17(21)24/h1-7H,8-9H2,(H,20,22). The number of halogens is 2. The topological polar surface area (TPSA) is 66.5 Å². The number of rotatable bonds is 4. The predicted octanol–water partition coefficient (Wildman–Crippen LogP) is 2.91. The molecule has 1 aliphatic rings. The number of nitrogens with one attached hydrogen (secondary N) is 1. The van der Waals surface area contributed by atoms with E-state index in [1.807, 2.05) is 0 Å². The van der Waals surface area contributed by atoms with Crippen LogP contribution in [0.15, 0.2) is 42.5 Å². The second-order valence-corrected chi connectivity index (χ2v) is 6.16. The van der Waals surface area contributed by atoms with Gasteiger partial charge >= 0.3 is 0 Å². The Morgan fingerprint density at radius 2 is 1.54 bits per heavy atom. The number of nitrogens with zero attached hydrogens (tertiary/aromatic N) is 1. The van der Waals surface area contributed by atoms with Crippen LogP contribution < -0.4 is 5.32 Å². The molecule has 3 rings (SSSR count). The van der Waals surface area contributed by atoms with Gasteiger partial charge in [-0.25, -0.2) is 0 Å². The summed E-state index contributed by atoms with van der Waals surface area (Å²) in [6.45, 7) is -0.0530. The van der Waals surface area contributed by atoms with Crippen molar-refractivity contribution in [3.05, 3.63) is 69.2 Å². The van der Waals surface area contributed by atoms with Gasteiger partial charge in [0.1, 0.15) is 6.54 Å². The van der Waals surface area contributed by atoms with Crippen LogP contribution in [0.1, 0.15) is 26.3 Å². The molecule has 122 valence electrons. The van der Waals surface area contributed by atoms with E-state index in [1.54, 1.807) is 24.3 Å².